The van der Waals surface area contributed by atoms with Crippen molar-refractivity contribution in [3.63, 3.8) is 0 Å². The van der Waals surface area contributed by atoms with Crippen molar-refractivity contribution in [1.82, 2.24) is 0 Å². The van der Waals surface area contributed by atoms with E-state index in [2.05, 4.69) is 92.6 Å². The summed E-state index contributed by atoms with van der Waals surface area (Å²) in [4.78, 5) is 4.63. The van der Waals surface area contributed by atoms with Gasteiger partial charge in [0.2, 0.25) is 0 Å². The topological polar surface area (TPSA) is 37.5 Å². The molecule has 0 atom stereocenters. The highest BCUT2D eigenvalue weighted by Gasteiger charge is 2.19. The molecule has 1 aliphatic carbocycles. The summed E-state index contributed by atoms with van der Waals surface area (Å²) in [6.07, 6.45) is 0. The number of nitrogens with zero attached hydrogens (tertiary/aromatic N) is 1. The van der Waals surface area contributed by atoms with Crippen LogP contribution < -0.4 is 10.7 Å². The molecule has 2 aliphatic rings. The van der Waals surface area contributed by atoms with Crippen LogP contribution in [0.5, 0.6) is 0 Å². The first kappa shape index (κ1) is 18.3. The smallest absolute Gasteiger partial charge is 0.137 e. The SMILES string of the molecule is CC/N=c1\cc2oc3cc(NCC)c(C)cc3c(-c3ccccc3)c-2cc1C. The van der Waals surface area contributed by atoms with Crippen molar-refractivity contribution in [2.75, 3.05) is 18.4 Å². The summed E-state index contributed by atoms with van der Waals surface area (Å²) in [5, 5.41) is 5.57. The van der Waals surface area contributed by atoms with Gasteiger partial charge in [0.25, 0.3) is 0 Å². The molecule has 1 N–H and O–H groups in total. The Labute approximate surface area is 166 Å². The lowest BCUT2D eigenvalue weighted by atomic mass is 9.91. The molecule has 3 nitrogen and oxygen atoms in total. The minimum Gasteiger partial charge on any atom is -0.456 e. The van der Waals surface area contributed by atoms with Crippen LogP contribution in [0.2, 0.25) is 0 Å². The minimum absolute atomic E-state index is 0.759. The van der Waals surface area contributed by atoms with Crippen LogP contribution in [0.4, 0.5) is 5.69 Å². The zero-order chi connectivity index (χ0) is 19.7. The first-order valence-corrected chi connectivity index (χ1v) is 9.94. The van der Waals surface area contributed by atoms with Crippen LogP contribution >= 0.6 is 0 Å². The molecule has 2 aromatic rings. The average molecular weight is 370 g/mol. The number of aryl methyl sites for hydroxylation is 2. The maximum Gasteiger partial charge on any atom is 0.137 e. The number of anilines is 1. The lowest BCUT2D eigenvalue weighted by Gasteiger charge is -2.18. The standard InChI is InChI=1S/C25H26N2O/c1-5-26-21-14-23-19(12-16(21)3)25(18-10-8-7-9-11-18)20-13-17(4)22(27-6-2)15-24(20)28-23/h7-15,26H,5-6H2,1-4H3/b27-22+. The Kier molecular flexibility index (Phi) is 4.91. The number of hydrogen-bond acceptors (Lipinski definition) is 3. The number of nitrogens with one attached hydrogen (secondary N) is 1. The normalized spacial score (nSPS) is 12.1. The summed E-state index contributed by atoms with van der Waals surface area (Å²) in [7, 11) is 0. The highest BCUT2D eigenvalue weighted by atomic mass is 16.3. The van der Waals surface area contributed by atoms with Gasteiger partial charge in [-0.15, -0.1) is 0 Å². The van der Waals surface area contributed by atoms with Gasteiger partial charge in [-0.05, 0) is 56.5 Å². The summed E-state index contributed by atoms with van der Waals surface area (Å²) >= 11 is 0. The largest absolute Gasteiger partial charge is 0.456 e. The van der Waals surface area contributed by atoms with E-state index in [-0.39, 0.29) is 0 Å². The third kappa shape index (κ3) is 3.18. The Balaban J connectivity index is 2.15. The van der Waals surface area contributed by atoms with Gasteiger partial charge in [0, 0.05) is 47.4 Å². The molecule has 0 unspecified atom stereocenters. The molecular weight excluding hydrogens is 344 g/mol. The van der Waals surface area contributed by atoms with E-state index in [0.29, 0.717) is 0 Å². The van der Waals surface area contributed by atoms with E-state index in [1.165, 1.54) is 22.3 Å². The first-order valence-electron chi connectivity index (χ1n) is 9.94. The second-order valence-electron chi connectivity index (χ2n) is 7.15. The van der Waals surface area contributed by atoms with E-state index in [1.807, 2.05) is 0 Å². The summed E-state index contributed by atoms with van der Waals surface area (Å²) < 4.78 is 6.39. The molecule has 0 amide bonds. The molecule has 4 rings (SSSR count). The molecule has 0 spiro atoms. The first-order chi connectivity index (χ1) is 13.6. The third-order valence-corrected chi connectivity index (χ3v) is 5.14. The van der Waals surface area contributed by atoms with Gasteiger partial charge < -0.3 is 9.73 Å². The van der Waals surface area contributed by atoms with Crippen LogP contribution in [0.1, 0.15) is 25.0 Å². The molecule has 28 heavy (non-hydrogen) atoms. The molecule has 1 heterocycles. The van der Waals surface area contributed by atoms with Crippen molar-refractivity contribution in [3.8, 4) is 22.5 Å². The Bertz CT molecular complexity index is 1170. The summed E-state index contributed by atoms with van der Waals surface area (Å²) in [5.74, 6) is 0.871. The van der Waals surface area contributed by atoms with Crippen molar-refractivity contribution < 1.29 is 4.42 Å². The van der Waals surface area contributed by atoms with E-state index in [0.717, 1.165) is 46.4 Å². The van der Waals surface area contributed by atoms with Gasteiger partial charge in [-0.2, -0.15) is 0 Å². The Morgan fingerprint density at radius 2 is 1.71 bits per heavy atom. The molecule has 0 radical (unpaired) electrons. The summed E-state index contributed by atoms with van der Waals surface area (Å²) in [6, 6.07) is 19.2. The molecule has 1 aliphatic heterocycles. The third-order valence-electron chi connectivity index (χ3n) is 5.14. The summed E-state index contributed by atoms with van der Waals surface area (Å²) in [6.45, 7) is 10.1. The van der Waals surface area contributed by atoms with Crippen LogP contribution in [-0.2, 0) is 0 Å². The quantitative estimate of drug-likeness (QED) is 0.436. The van der Waals surface area contributed by atoms with Crippen molar-refractivity contribution in [3.05, 3.63) is 71.1 Å². The van der Waals surface area contributed by atoms with Gasteiger partial charge in [0.1, 0.15) is 11.3 Å². The number of rotatable bonds is 4. The number of fused-ring (bicyclic) bond motifs is 2. The fourth-order valence-corrected chi connectivity index (χ4v) is 3.83. The fraction of sp³-hybridized carbons (Fsp3) is 0.240. The molecule has 3 heteroatoms. The highest BCUT2D eigenvalue weighted by Crippen LogP contribution is 2.41. The summed E-state index contributed by atoms with van der Waals surface area (Å²) in [5.41, 5.74) is 7.93. The Hall–Kier alpha value is -3.07. The van der Waals surface area contributed by atoms with E-state index < -0.39 is 0 Å². The Morgan fingerprint density at radius 3 is 2.43 bits per heavy atom. The van der Waals surface area contributed by atoms with Crippen LogP contribution in [0.15, 0.2) is 64.0 Å². The monoisotopic (exact) mass is 370 g/mol. The molecule has 0 aromatic heterocycles. The van der Waals surface area contributed by atoms with Crippen LogP contribution in [0, 0.1) is 13.8 Å². The predicted octanol–water partition coefficient (Wildman–Crippen LogP) is 6.17. The zero-order valence-electron chi connectivity index (χ0n) is 17.0. The van der Waals surface area contributed by atoms with Gasteiger partial charge >= 0.3 is 0 Å². The maximum absolute atomic E-state index is 6.39. The van der Waals surface area contributed by atoms with Crippen molar-refractivity contribution >= 4 is 16.7 Å². The average Bonchev–Trinajstić information content (AvgIpc) is 2.69. The predicted molar refractivity (Wildman–Crippen MR) is 118 cm³/mol. The maximum atomic E-state index is 6.39. The van der Waals surface area contributed by atoms with E-state index in [1.54, 1.807) is 0 Å². The van der Waals surface area contributed by atoms with Crippen LogP contribution in [0.3, 0.4) is 0 Å². The lowest BCUT2D eigenvalue weighted by Crippen LogP contribution is -2.09. The second-order valence-corrected chi connectivity index (χ2v) is 7.15. The molecule has 0 bridgehead atoms. The van der Waals surface area contributed by atoms with Gasteiger partial charge in [0.05, 0.1) is 5.36 Å². The molecule has 0 saturated heterocycles. The van der Waals surface area contributed by atoms with Crippen molar-refractivity contribution in [1.29, 1.82) is 0 Å². The number of hydrogen-bond donors (Lipinski definition) is 1. The van der Waals surface area contributed by atoms with Crippen molar-refractivity contribution in [2.45, 2.75) is 27.7 Å². The molecule has 0 saturated carbocycles. The van der Waals surface area contributed by atoms with E-state index in [4.69, 9.17) is 4.42 Å². The molecule has 142 valence electrons. The molecule has 2 aromatic carbocycles. The molecule has 0 fully saturated rings. The van der Waals surface area contributed by atoms with Gasteiger partial charge in [-0.1, -0.05) is 30.3 Å². The number of benzene rings is 3. The van der Waals surface area contributed by atoms with Crippen LogP contribution in [-0.4, -0.2) is 13.1 Å². The van der Waals surface area contributed by atoms with E-state index >= 15 is 0 Å². The fourth-order valence-electron chi connectivity index (χ4n) is 3.83. The highest BCUT2D eigenvalue weighted by molar-refractivity contribution is 6.03. The zero-order valence-corrected chi connectivity index (χ0v) is 17.0. The van der Waals surface area contributed by atoms with Gasteiger partial charge in [-0.3, -0.25) is 4.99 Å². The van der Waals surface area contributed by atoms with Gasteiger partial charge in [-0.25, -0.2) is 0 Å². The van der Waals surface area contributed by atoms with Crippen LogP contribution in [0.25, 0.3) is 33.4 Å². The molecular formula is C25H26N2O. The van der Waals surface area contributed by atoms with Gasteiger partial charge in [0.15, 0.2) is 0 Å². The lowest BCUT2D eigenvalue weighted by molar-refractivity contribution is 0.618. The minimum atomic E-state index is 0.759. The van der Waals surface area contributed by atoms with E-state index in [9.17, 15) is 0 Å². The van der Waals surface area contributed by atoms with Crippen molar-refractivity contribution in [2.24, 2.45) is 4.99 Å². The second kappa shape index (κ2) is 7.51. The Morgan fingerprint density at radius 1 is 0.929 bits per heavy atom.